The number of nitrogens with zero attached hydrogens (tertiary/aromatic N) is 4. The number of hydrogen-bond acceptors (Lipinski definition) is 6. The lowest BCUT2D eigenvalue weighted by Gasteiger charge is -2.44. The summed E-state index contributed by atoms with van der Waals surface area (Å²) in [5.74, 6) is 0.279. The van der Waals surface area contributed by atoms with E-state index >= 15 is 0 Å². The van der Waals surface area contributed by atoms with E-state index in [9.17, 15) is 23.1 Å². The van der Waals surface area contributed by atoms with Crippen LogP contribution >= 0.6 is 0 Å². The number of aromatic nitrogens is 1. The van der Waals surface area contributed by atoms with Gasteiger partial charge in [-0.1, -0.05) is 19.3 Å². The lowest BCUT2D eigenvalue weighted by atomic mass is 9.87. The number of rotatable bonds is 8. The van der Waals surface area contributed by atoms with Crippen LogP contribution in [0, 0.1) is 5.92 Å². The van der Waals surface area contributed by atoms with E-state index in [0.29, 0.717) is 25.0 Å². The van der Waals surface area contributed by atoms with E-state index < -0.39 is 17.8 Å². The molecule has 1 N–H and O–H groups in total. The molecule has 1 atom stereocenters. The molecule has 2 aliphatic heterocycles. The highest BCUT2D eigenvalue weighted by Crippen LogP contribution is 2.34. The number of hydrogen-bond donors (Lipinski definition) is 1. The maximum absolute atomic E-state index is 13.7. The average molecular weight is 569 g/mol. The van der Waals surface area contributed by atoms with Gasteiger partial charge in [0, 0.05) is 43.8 Å². The summed E-state index contributed by atoms with van der Waals surface area (Å²) in [5, 5.41) is 10.4. The van der Waals surface area contributed by atoms with Gasteiger partial charge < -0.3 is 19.6 Å². The van der Waals surface area contributed by atoms with E-state index in [1.54, 1.807) is 4.90 Å². The van der Waals surface area contributed by atoms with Crippen LogP contribution < -0.4 is 4.90 Å². The van der Waals surface area contributed by atoms with Gasteiger partial charge in [-0.2, -0.15) is 13.2 Å². The minimum absolute atomic E-state index is 0.0210. The Morgan fingerprint density at radius 1 is 1.02 bits per heavy atom. The molecule has 4 rings (SSSR count). The van der Waals surface area contributed by atoms with E-state index in [0.717, 1.165) is 96.2 Å². The summed E-state index contributed by atoms with van der Waals surface area (Å²) in [7, 11) is 0. The molecule has 0 bridgehead atoms. The average Bonchev–Trinajstić information content (AvgIpc) is 2.93. The van der Waals surface area contributed by atoms with Gasteiger partial charge in [0.25, 0.3) is 0 Å². The molecule has 3 fully saturated rings. The van der Waals surface area contributed by atoms with Crippen molar-refractivity contribution in [1.29, 1.82) is 0 Å². The Hall–Kier alpha value is -1.75. The summed E-state index contributed by atoms with van der Waals surface area (Å²) < 4.78 is 45.2. The summed E-state index contributed by atoms with van der Waals surface area (Å²) in [5.41, 5.74) is -1.06. The third kappa shape index (κ3) is 8.63. The van der Waals surface area contributed by atoms with Gasteiger partial charge in [0.05, 0.1) is 23.9 Å². The minimum Gasteiger partial charge on any atom is -0.389 e. The number of likely N-dealkylation sites (tertiary alicyclic amines) is 2. The molecular formula is C30H47F3N4O3. The molecule has 0 radical (unpaired) electrons. The Balaban J connectivity index is 1.33. The first kappa shape index (κ1) is 31.2. The number of amides is 1. The SMILES string of the molecule is CC(C)(C)OC[C@H](O)CN1CCC(N2CCC(N(C(=O)C3CCCCC3)c3ccc(C(F)(F)F)cn3)CC2)CC1. The first-order valence-corrected chi connectivity index (χ1v) is 15.1. The fourth-order valence-corrected chi connectivity index (χ4v) is 6.40. The van der Waals surface area contributed by atoms with Gasteiger partial charge in [-0.05, 0) is 84.5 Å². The number of piperidine rings is 2. The zero-order valence-corrected chi connectivity index (χ0v) is 24.3. The molecule has 1 amide bonds. The maximum Gasteiger partial charge on any atom is 0.417 e. The standard InChI is InChI=1S/C30H47F3N4O3/c1-29(2,3)40-21-26(38)20-35-15-11-24(12-16-35)36-17-13-25(14-18-36)37(28(39)22-7-5-4-6-8-22)27-10-9-23(19-34-27)30(31,32)33/h9-10,19,22,24-26,38H,4-8,11-18,20-21H2,1-3H3/t26-/m1/s1. The lowest BCUT2D eigenvalue weighted by molar-refractivity contribution is -0.137. The number of anilines is 1. The van der Waals surface area contributed by atoms with Crippen LogP contribution in [0.15, 0.2) is 18.3 Å². The van der Waals surface area contributed by atoms with Crippen molar-refractivity contribution in [3.8, 4) is 0 Å². The first-order chi connectivity index (χ1) is 18.9. The number of halogens is 3. The fraction of sp³-hybridized carbons (Fsp3) is 0.800. The third-order valence-electron chi connectivity index (χ3n) is 8.63. The monoisotopic (exact) mass is 568 g/mol. The Morgan fingerprint density at radius 2 is 1.68 bits per heavy atom. The third-order valence-corrected chi connectivity index (χ3v) is 8.63. The van der Waals surface area contributed by atoms with Crippen molar-refractivity contribution in [3.63, 3.8) is 0 Å². The fourth-order valence-electron chi connectivity index (χ4n) is 6.40. The van der Waals surface area contributed by atoms with Gasteiger partial charge in [-0.25, -0.2) is 4.98 Å². The molecule has 1 saturated carbocycles. The zero-order valence-electron chi connectivity index (χ0n) is 24.3. The highest BCUT2D eigenvalue weighted by molar-refractivity contribution is 5.94. The summed E-state index contributed by atoms with van der Waals surface area (Å²) >= 11 is 0. The Labute approximate surface area is 237 Å². The Morgan fingerprint density at radius 3 is 2.23 bits per heavy atom. The van der Waals surface area contributed by atoms with Gasteiger partial charge in [-0.15, -0.1) is 0 Å². The molecule has 10 heteroatoms. The summed E-state index contributed by atoms with van der Waals surface area (Å²) in [6.07, 6.45) is 4.36. The van der Waals surface area contributed by atoms with Crippen molar-refractivity contribution < 1.29 is 27.8 Å². The molecule has 1 aromatic heterocycles. The largest absolute Gasteiger partial charge is 0.417 e. The summed E-state index contributed by atoms with van der Waals surface area (Å²) in [6.45, 7) is 10.5. The highest BCUT2D eigenvalue weighted by Gasteiger charge is 2.37. The Kier molecular flexibility index (Phi) is 10.5. The van der Waals surface area contributed by atoms with Gasteiger partial charge >= 0.3 is 6.18 Å². The molecule has 0 unspecified atom stereocenters. The second kappa shape index (κ2) is 13.5. The predicted octanol–water partition coefficient (Wildman–Crippen LogP) is 5.12. The van der Waals surface area contributed by atoms with Crippen molar-refractivity contribution >= 4 is 11.7 Å². The summed E-state index contributed by atoms with van der Waals surface area (Å²) in [6, 6.07) is 2.81. The molecular weight excluding hydrogens is 521 g/mol. The Bertz CT molecular complexity index is 931. The highest BCUT2D eigenvalue weighted by atomic mass is 19.4. The second-order valence-electron chi connectivity index (χ2n) is 12.8. The van der Waals surface area contributed by atoms with Crippen molar-refractivity contribution in [2.75, 3.05) is 44.2 Å². The first-order valence-electron chi connectivity index (χ1n) is 15.1. The lowest BCUT2D eigenvalue weighted by Crippen LogP contribution is -2.54. The number of aliphatic hydroxyl groups excluding tert-OH is 1. The maximum atomic E-state index is 13.7. The number of ether oxygens (including phenoxy) is 1. The van der Waals surface area contributed by atoms with Crippen molar-refractivity contribution in [2.45, 2.75) is 109 Å². The predicted molar refractivity (Wildman–Crippen MR) is 149 cm³/mol. The molecule has 1 aliphatic carbocycles. The second-order valence-corrected chi connectivity index (χ2v) is 12.8. The molecule has 7 nitrogen and oxygen atoms in total. The number of β-amino-alcohol motifs (C(OH)–C–C–N with tert-alkyl or cyclic N) is 1. The summed E-state index contributed by atoms with van der Waals surface area (Å²) in [4.78, 5) is 24.4. The van der Waals surface area contributed by atoms with Crippen LogP contribution in [-0.4, -0.2) is 88.9 Å². The topological polar surface area (TPSA) is 69.1 Å². The molecule has 0 spiro atoms. The van der Waals surface area contributed by atoms with E-state index in [1.165, 1.54) is 6.07 Å². The van der Waals surface area contributed by atoms with Crippen LogP contribution in [-0.2, 0) is 15.7 Å². The number of pyridine rings is 1. The molecule has 0 aromatic carbocycles. The number of aliphatic hydroxyl groups is 1. The van der Waals surface area contributed by atoms with Crippen molar-refractivity contribution in [1.82, 2.24) is 14.8 Å². The van der Waals surface area contributed by atoms with Gasteiger partial charge in [0.2, 0.25) is 5.91 Å². The van der Waals surface area contributed by atoms with Crippen LogP contribution in [0.25, 0.3) is 0 Å². The molecule has 226 valence electrons. The van der Waals surface area contributed by atoms with Crippen LogP contribution in [0.1, 0.15) is 84.1 Å². The van der Waals surface area contributed by atoms with Crippen LogP contribution in [0.2, 0.25) is 0 Å². The zero-order chi connectivity index (χ0) is 28.9. The van der Waals surface area contributed by atoms with Gasteiger partial charge in [-0.3, -0.25) is 9.69 Å². The molecule has 3 heterocycles. The minimum atomic E-state index is -4.46. The van der Waals surface area contributed by atoms with Gasteiger partial charge in [0.1, 0.15) is 5.82 Å². The molecule has 40 heavy (non-hydrogen) atoms. The normalized spacial score (nSPS) is 22.4. The van der Waals surface area contributed by atoms with E-state index in [2.05, 4.69) is 14.8 Å². The molecule has 3 aliphatic rings. The van der Waals surface area contributed by atoms with E-state index in [4.69, 9.17) is 4.74 Å². The number of alkyl halides is 3. The van der Waals surface area contributed by atoms with Gasteiger partial charge in [0.15, 0.2) is 0 Å². The van der Waals surface area contributed by atoms with E-state index in [-0.39, 0.29) is 23.5 Å². The molecule has 1 aromatic rings. The van der Waals surface area contributed by atoms with Crippen LogP contribution in [0.3, 0.4) is 0 Å². The van der Waals surface area contributed by atoms with Crippen molar-refractivity contribution in [3.05, 3.63) is 23.9 Å². The smallest absolute Gasteiger partial charge is 0.389 e. The van der Waals surface area contributed by atoms with Crippen molar-refractivity contribution in [2.24, 2.45) is 5.92 Å². The van der Waals surface area contributed by atoms with E-state index in [1.807, 2.05) is 20.8 Å². The van der Waals surface area contributed by atoms with Crippen LogP contribution in [0.4, 0.5) is 19.0 Å². The number of carbonyl (C=O) groups is 1. The van der Waals surface area contributed by atoms with Crippen LogP contribution in [0.5, 0.6) is 0 Å². The number of carbonyl (C=O) groups excluding carboxylic acids is 1. The molecule has 2 saturated heterocycles. The quantitative estimate of drug-likeness (QED) is 0.470.